The molecule has 1 amide bonds. The van der Waals surface area contributed by atoms with Crippen molar-refractivity contribution < 1.29 is 4.79 Å². The van der Waals surface area contributed by atoms with E-state index in [1.807, 2.05) is 0 Å². The summed E-state index contributed by atoms with van der Waals surface area (Å²) >= 11 is 6.52. The quantitative estimate of drug-likeness (QED) is 0.741. The van der Waals surface area contributed by atoms with Crippen LogP contribution in [0.4, 0.5) is 11.6 Å². The van der Waals surface area contributed by atoms with E-state index in [4.69, 9.17) is 11.6 Å². The summed E-state index contributed by atoms with van der Waals surface area (Å²) in [6.45, 7) is 1.79. The van der Waals surface area contributed by atoms with Gasteiger partial charge in [0.2, 0.25) is 5.91 Å². The number of hydrogen-bond acceptors (Lipinski definition) is 5. The molecule has 0 atom stereocenters. The lowest BCUT2D eigenvalue weighted by molar-refractivity contribution is -0.120. The van der Waals surface area contributed by atoms with Crippen LogP contribution in [0.25, 0.3) is 0 Å². The lowest BCUT2D eigenvalue weighted by Crippen LogP contribution is -2.34. The molecule has 142 valence electrons. The summed E-state index contributed by atoms with van der Waals surface area (Å²) in [6.07, 6.45) is 6.45. The number of rotatable bonds is 6. The first-order valence-corrected chi connectivity index (χ1v) is 9.93. The van der Waals surface area contributed by atoms with Gasteiger partial charge in [-0.1, -0.05) is 41.9 Å². The molecule has 2 aromatic rings. The Labute approximate surface area is 164 Å². The van der Waals surface area contributed by atoms with Crippen molar-refractivity contribution in [2.24, 2.45) is 5.92 Å². The van der Waals surface area contributed by atoms with Gasteiger partial charge in [-0.25, -0.2) is 9.97 Å². The number of nitrogens with one attached hydrogen (secondary N) is 2. The van der Waals surface area contributed by atoms with Crippen LogP contribution in [0.3, 0.4) is 0 Å². The first-order chi connectivity index (χ1) is 13.2. The maximum atomic E-state index is 11.9. The van der Waals surface area contributed by atoms with E-state index in [-0.39, 0.29) is 5.91 Å². The molecule has 1 aliphatic heterocycles. The van der Waals surface area contributed by atoms with E-state index >= 15 is 0 Å². The van der Waals surface area contributed by atoms with Gasteiger partial charge < -0.3 is 4.90 Å². The van der Waals surface area contributed by atoms with Crippen LogP contribution < -0.4 is 15.8 Å². The smallest absolute Gasteiger partial charge is 0.238 e. The van der Waals surface area contributed by atoms with Crippen LogP contribution in [0.5, 0.6) is 0 Å². The molecular weight excluding hydrogens is 362 g/mol. The molecule has 2 heterocycles. The third kappa shape index (κ3) is 4.50. The zero-order chi connectivity index (χ0) is 18.6. The Morgan fingerprint density at radius 1 is 1.11 bits per heavy atom. The number of anilines is 2. The molecule has 7 heteroatoms. The van der Waals surface area contributed by atoms with Gasteiger partial charge in [0, 0.05) is 19.5 Å². The zero-order valence-corrected chi connectivity index (χ0v) is 16.0. The minimum absolute atomic E-state index is 0.0302. The summed E-state index contributed by atoms with van der Waals surface area (Å²) in [7, 11) is 0. The average molecular weight is 386 g/mol. The first-order valence-electron chi connectivity index (χ1n) is 9.56. The number of hydrogen-bond donors (Lipinski definition) is 2. The molecule has 1 aliphatic carbocycles. The maximum absolute atomic E-state index is 11.9. The molecule has 2 aliphatic rings. The van der Waals surface area contributed by atoms with Gasteiger partial charge in [-0.2, -0.15) is 0 Å². The van der Waals surface area contributed by atoms with Gasteiger partial charge in [0.15, 0.2) is 11.6 Å². The van der Waals surface area contributed by atoms with Gasteiger partial charge >= 0.3 is 0 Å². The molecule has 0 unspecified atom stereocenters. The normalized spacial score (nSPS) is 17.6. The molecule has 6 nitrogen and oxygen atoms in total. The Kier molecular flexibility index (Phi) is 5.43. The standard InChI is InChI=1S/C20H24ClN5O/c21-18-19(25-24-17(27)12-14-6-7-14)22-13-23-20(18)26-10-8-16(9-11-26)15-4-2-1-3-5-15/h1-5,13-14,16H,6-12H2,(H,24,27)(H,22,23,25). The van der Waals surface area contributed by atoms with E-state index in [2.05, 4.69) is 56.1 Å². The number of carbonyl (C=O) groups is 1. The van der Waals surface area contributed by atoms with Crippen LogP contribution in [0, 0.1) is 5.92 Å². The van der Waals surface area contributed by atoms with Gasteiger partial charge in [-0.05, 0) is 43.1 Å². The largest absolute Gasteiger partial charge is 0.355 e. The second-order valence-electron chi connectivity index (χ2n) is 7.35. The SMILES string of the molecule is O=C(CC1CC1)NNc1ncnc(N2CCC(c3ccccc3)CC2)c1Cl. The van der Waals surface area contributed by atoms with Crippen molar-refractivity contribution in [2.45, 2.75) is 38.0 Å². The summed E-state index contributed by atoms with van der Waals surface area (Å²) in [5.74, 6) is 2.24. The van der Waals surface area contributed by atoms with Crippen LogP contribution in [0.2, 0.25) is 5.02 Å². The predicted molar refractivity (Wildman–Crippen MR) is 107 cm³/mol. The third-order valence-electron chi connectivity index (χ3n) is 5.33. The van der Waals surface area contributed by atoms with E-state index in [0.29, 0.717) is 29.1 Å². The highest BCUT2D eigenvalue weighted by molar-refractivity contribution is 6.35. The molecule has 0 bridgehead atoms. The Balaban J connectivity index is 1.37. The average Bonchev–Trinajstić information content (AvgIpc) is 3.52. The van der Waals surface area contributed by atoms with E-state index in [9.17, 15) is 4.79 Å². The van der Waals surface area contributed by atoms with E-state index in [1.165, 1.54) is 11.9 Å². The second-order valence-corrected chi connectivity index (χ2v) is 7.73. The number of halogens is 1. The van der Waals surface area contributed by atoms with Gasteiger partial charge in [-0.15, -0.1) is 0 Å². The molecule has 1 aromatic heterocycles. The molecule has 2 fully saturated rings. The summed E-state index contributed by atoms with van der Waals surface area (Å²) in [6, 6.07) is 10.6. The van der Waals surface area contributed by atoms with Gasteiger partial charge in [0.05, 0.1) is 0 Å². The van der Waals surface area contributed by atoms with Crippen LogP contribution in [0.15, 0.2) is 36.7 Å². The highest BCUT2D eigenvalue weighted by Crippen LogP contribution is 2.34. The minimum Gasteiger partial charge on any atom is -0.355 e. The molecule has 0 spiro atoms. The van der Waals surface area contributed by atoms with E-state index in [1.54, 1.807) is 0 Å². The predicted octanol–water partition coefficient (Wildman–Crippen LogP) is 3.76. The van der Waals surface area contributed by atoms with Crippen molar-refractivity contribution in [3.8, 4) is 0 Å². The number of amides is 1. The number of aromatic nitrogens is 2. The molecule has 1 saturated heterocycles. The van der Waals surface area contributed by atoms with Gasteiger partial charge in [-0.3, -0.25) is 15.6 Å². The maximum Gasteiger partial charge on any atom is 0.238 e. The Bertz CT molecular complexity index is 788. The van der Waals surface area contributed by atoms with E-state index in [0.717, 1.165) is 44.6 Å². The van der Waals surface area contributed by atoms with Crippen molar-refractivity contribution in [2.75, 3.05) is 23.4 Å². The molecule has 2 N–H and O–H groups in total. The fraction of sp³-hybridized carbons (Fsp3) is 0.450. The molecular formula is C20H24ClN5O. The highest BCUT2D eigenvalue weighted by Gasteiger charge is 2.25. The summed E-state index contributed by atoms with van der Waals surface area (Å²) in [5, 5.41) is 0.447. The van der Waals surface area contributed by atoms with Crippen molar-refractivity contribution in [3.05, 3.63) is 47.2 Å². The van der Waals surface area contributed by atoms with Crippen LogP contribution >= 0.6 is 11.6 Å². The number of benzene rings is 1. The van der Waals surface area contributed by atoms with Crippen LogP contribution in [0.1, 0.15) is 43.6 Å². The molecule has 1 saturated carbocycles. The number of hydrazine groups is 1. The Morgan fingerprint density at radius 2 is 1.85 bits per heavy atom. The summed E-state index contributed by atoms with van der Waals surface area (Å²) < 4.78 is 0. The minimum atomic E-state index is -0.0302. The molecule has 4 rings (SSSR count). The Morgan fingerprint density at radius 3 is 2.56 bits per heavy atom. The van der Waals surface area contributed by atoms with Crippen molar-refractivity contribution >= 4 is 29.1 Å². The third-order valence-corrected chi connectivity index (χ3v) is 5.68. The summed E-state index contributed by atoms with van der Waals surface area (Å²) in [4.78, 5) is 22.6. The fourth-order valence-electron chi connectivity index (χ4n) is 3.58. The van der Waals surface area contributed by atoms with Crippen LogP contribution in [-0.2, 0) is 4.79 Å². The topological polar surface area (TPSA) is 70.1 Å². The second kappa shape index (κ2) is 8.13. The van der Waals surface area contributed by atoms with Crippen molar-refractivity contribution in [3.63, 3.8) is 0 Å². The monoisotopic (exact) mass is 385 g/mol. The lowest BCUT2D eigenvalue weighted by atomic mass is 9.89. The first kappa shape index (κ1) is 18.0. The molecule has 1 aromatic carbocycles. The number of piperidine rings is 1. The number of nitrogens with zero attached hydrogens (tertiary/aromatic N) is 3. The Hall–Kier alpha value is -2.34. The van der Waals surface area contributed by atoms with Crippen LogP contribution in [-0.4, -0.2) is 29.0 Å². The van der Waals surface area contributed by atoms with E-state index < -0.39 is 0 Å². The molecule has 0 radical (unpaired) electrons. The van der Waals surface area contributed by atoms with Crippen molar-refractivity contribution in [1.82, 2.24) is 15.4 Å². The fourth-order valence-corrected chi connectivity index (χ4v) is 3.85. The molecule has 27 heavy (non-hydrogen) atoms. The summed E-state index contributed by atoms with van der Waals surface area (Å²) in [5.41, 5.74) is 6.93. The lowest BCUT2D eigenvalue weighted by Gasteiger charge is -2.33. The van der Waals surface area contributed by atoms with Crippen molar-refractivity contribution in [1.29, 1.82) is 0 Å². The highest BCUT2D eigenvalue weighted by atomic mass is 35.5. The van der Waals surface area contributed by atoms with Gasteiger partial charge in [0.1, 0.15) is 11.3 Å². The number of carbonyl (C=O) groups excluding carboxylic acids is 1. The zero-order valence-electron chi connectivity index (χ0n) is 15.2. The van der Waals surface area contributed by atoms with Gasteiger partial charge in [0.25, 0.3) is 0 Å².